The first kappa shape index (κ1) is 28.2. The van der Waals surface area contributed by atoms with Gasteiger partial charge in [-0.25, -0.2) is 18.4 Å². The molecule has 4 aromatic rings. The average Bonchev–Trinajstić information content (AvgIpc) is 2.93. The van der Waals surface area contributed by atoms with Crippen LogP contribution in [0.4, 0.5) is 5.82 Å². The van der Waals surface area contributed by atoms with Crippen LogP contribution in [-0.4, -0.2) is 72.9 Å². The summed E-state index contributed by atoms with van der Waals surface area (Å²) in [5.74, 6) is 0.510. The fourth-order valence-electron chi connectivity index (χ4n) is 5.69. The van der Waals surface area contributed by atoms with E-state index < -0.39 is 9.84 Å². The number of carbonyl (C=O) groups excluding carboxylic acids is 1. The minimum Gasteiger partial charge on any atom is -0.363 e. The lowest BCUT2D eigenvalue weighted by molar-refractivity contribution is -0.172. The third-order valence-electron chi connectivity index (χ3n) is 7.68. The molecule has 1 spiro atoms. The van der Waals surface area contributed by atoms with Crippen molar-refractivity contribution >= 4 is 32.5 Å². The largest absolute Gasteiger partial charge is 0.363 e. The van der Waals surface area contributed by atoms with Crippen LogP contribution in [0.25, 0.3) is 22.3 Å². The number of fused-ring (bicyclic) bond motifs is 1. The van der Waals surface area contributed by atoms with Crippen LogP contribution in [0.3, 0.4) is 0 Å². The van der Waals surface area contributed by atoms with Gasteiger partial charge in [-0.15, -0.1) is 0 Å². The number of sulfone groups is 1. The Morgan fingerprint density at radius 1 is 1.05 bits per heavy atom. The molecule has 0 unspecified atom stereocenters. The van der Waals surface area contributed by atoms with E-state index in [0.717, 1.165) is 60.5 Å². The second-order valence-electron chi connectivity index (χ2n) is 11.9. The number of nitrogens with zero attached hydrogens (tertiary/aromatic N) is 4. The number of carbonyl (C=O) groups is 1. The summed E-state index contributed by atoms with van der Waals surface area (Å²) < 4.78 is 30.5. The van der Waals surface area contributed by atoms with Gasteiger partial charge in [0.2, 0.25) is 0 Å². The SMILES string of the molecule is Cc1ccc(C(=O)NCc2cc3nc(-c4cccc(N5CC6(CNCC(C)(C)O6)C5)n4)ccc3cn2)cc1S(C)(=O)=O. The Morgan fingerprint density at radius 2 is 1.83 bits per heavy atom. The van der Waals surface area contributed by atoms with Gasteiger partial charge >= 0.3 is 0 Å². The maximum Gasteiger partial charge on any atom is 0.251 e. The Kier molecular flexibility index (Phi) is 6.99. The molecule has 2 aliphatic rings. The molecule has 3 aromatic heterocycles. The molecule has 6 rings (SSSR count). The zero-order valence-corrected chi connectivity index (χ0v) is 25.0. The van der Waals surface area contributed by atoms with Crippen LogP contribution in [0.5, 0.6) is 0 Å². The smallest absolute Gasteiger partial charge is 0.251 e. The van der Waals surface area contributed by atoms with Gasteiger partial charge in [-0.3, -0.25) is 9.78 Å². The van der Waals surface area contributed by atoms with Crippen molar-refractivity contribution < 1.29 is 17.9 Å². The number of nitrogens with one attached hydrogen (secondary N) is 2. The van der Waals surface area contributed by atoms with Crippen molar-refractivity contribution in [3.8, 4) is 11.4 Å². The van der Waals surface area contributed by atoms with E-state index in [1.54, 1.807) is 25.3 Å². The molecule has 0 radical (unpaired) electrons. The molecule has 5 heterocycles. The maximum absolute atomic E-state index is 12.8. The molecule has 2 saturated heterocycles. The molecule has 1 amide bonds. The van der Waals surface area contributed by atoms with Crippen molar-refractivity contribution in [2.75, 3.05) is 37.3 Å². The van der Waals surface area contributed by atoms with Gasteiger partial charge < -0.3 is 20.3 Å². The van der Waals surface area contributed by atoms with Crippen LogP contribution >= 0.6 is 0 Å². The third-order valence-corrected chi connectivity index (χ3v) is 8.92. The first-order chi connectivity index (χ1) is 19.9. The first-order valence-electron chi connectivity index (χ1n) is 13.9. The molecule has 0 saturated carbocycles. The van der Waals surface area contributed by atoms with Crippen molar-refractivity contribution in [1.82, 2.24) is 25.6 Å². The topological polar surface area (TPSA) is 126 Å². The van der Waals surface area contributed by atoms with E-state index in [-0.39, 0.29) is 34.1 Å². The molecule has 0 aliphatic carbocycles. The van der Waals surface area contributed by atoms with Gasteiger partial charge in [0.15, 0.2) is 9.84 Å². The quantitative estimate of drug-likeness (QED) is 0.350. The van der Waals surface area contributed by atoms with Gasteiger partial charge in [-0.1, -0.05) is 12.1 Å². The van der Waals surface area contributed by atoms with Crippen LogP contribution in [0, 0.1) is 6.92 Å². The number of rotatable bonds is 6. The summed E-state index contributed by atoms with van der Waals surface area (Å²) in [6.07, 6.45) is 2.86. The number of anilines is 1. The fourth-order valence-corrected chi connectivity index (χ4v) is 6.68. The van der Waals surface area contributed by atoms with Gasteiger partial charge in [0.25, 0.3) is 5.91 Å². The zero-order chi connectivity index (χ0) is 29.7. The molecule has 218 valence electrons. The molecule has 2 aliphatic heterocycles. The van der Waals surface area contributed by atoms with Crippen LogP contribution in [0.1, 0.15) is 35.5 Å². The van der Waals surface area contributed by atoms with Crippen molar-refractivity contribution in [3.05, 3.63) is 77.6 Å². The molecule has 11 heteroatoms. The minimum atomic E-state index is -3.44. The van der Waals surface area contributed by atoms with Crippen LogP contribution in [0.15, 0.2) is 65.7 Å². The second kappa shape index (κ2) is 10.4. The Morgan fingerprint density at radius 3 is 2.60 bits per heavy atom. The summed E-state index contributed by atoms with van der Waals surface area (Å²) >= 11 is 0. The molecule has 2 N–H and O–H groups in total. The van der Waals surface area contributed by atoms with E-state index >= 15 is 0 Å². The number of aryl methyl sites for hydroxylation is 1. The summed E-state index contributed by atoms with van der Waals surface area (Å²) in [4.78, 5) is 29.4. The molecule has 42 heavy (non-hydrogen) atoms. The van der Waals surface area contributed by atoms with E-state index in [4.69, 9.17) is 14.7 Å². The van der Waals surface area contributed by atoms with Gasteiger partial charge in [-0.2, -0.15) is 0 Å². The zero-order valence-electron chi connectivity index (χ0n) is 24.1. The summed E-state index contributed by atoms with van der Waals surface area (Å²) in [5, 5.41) is 7.20. The van der Waals surface area contributed by atoms with Crippen LogP contribution < -0.4 is 15.5 Å². The van der Waals surface area contributed by atoms with E-state index in [1.165, 1.54) is 6.07 Å². The van der Waals surface area contributed by atoms with Gasteiger partial charge in [-0.05, 0) is 68.8 Å². The van der Waals surface area contributed by atoms with Crippen molar-refractivity contribution in [1.29, 1.82) is 0 Å². The number of amides is 1. The number of aromatic nitrogens is 3. The van der Waals surface area contributed by atoms with E-state index in [0.29, 0.717) is 11.3 Å². The molecular weight excluding hydrogens is 552 g/mol. The Bertz CT molecular complexity index is 1800. The minimum absolute atomic E-state index is 0.144. The number of benzene rings is 1. The maximum atomic E-state index is 12.8. The van der Waals surface area contributed by atoms with Crippen molar-refractivity contribution in [2.45, 2.75) is 43.4 Å². The summed E-state index contributed by atoms with van der Waals surface area (Å²) in [7, 11) is -3.44. The van der Waals surface area contributed by atoms with Crippen molar-refractivity contribution in [2.24, 2.45) is 0 Å². The highest BCUT2D eigenvalue weighted by atomic mass is 32.2. The molecule has 10 nitrogen and oxygen atoms in total. The summed E-state index contributed by atoms with van der Waals surface area (Å²) in [5.41, 5.74) is 3.38. The Hall–Kier alpha value is -3.93. The summed E-state index contributed by atoms with van der Waals surface area (Å²) in [6.45, 7) is 9.34. The highest BCUT2D eigenvalue weighted by Crippen LogP contribution is 2.35. The van der Waals surface area contributed by atoms with Gasteiger partial charge in [0.05, 0.1) is 52.7 Å². The standard InChI is InChI=1S/C31H34N6O4S/c1-20-8-9-21(12-27(20)42(4,39)40)29(38)34-15-23-13-26-22(14-33-23)10-11-25(35-26)24-6-5-7-28(36-24)37-18-31(19-37)17-32-16-30(2,3)41-31/h5-14,32H,15-19H2,1-4H3,(H,34,38). The lowest BCUT2D eigenvalue weighted by atomic mass is 9.89. The van der Waals surface area contributed by atoms with Crippen LogP contribution in [0.2, 0.25) is 0 Å². The lowest BCUT2D eigenvalue weighted by Crippen LogP contribution is -2.73. The Labute approximate surface area is 245 Å². The molecule has 1 aromatic carbocycles. The number of ether oxygens (including phenoxy) is 1. The van der Waals surface area contributed by atoms with E-state index in [2.05, 4.69) is 34.4 Å². The summed E-state index contributed by atoms with van der Waals surface area (Å²) in [6, 6.07) is 16.3. The number of hydrogen-bond acceptors (Lipinski definition) is 9. The monoisotopic (exact) mass is 586 g/mol. The number of pyridine rings is 3. The fraction of sp³-hybridized carbons (Fsp3) is 0.355. The highest BCUT2D eigenvalue weighted by Gasteiger charge is 2.50. The number of hydrogen-bond donors (Lipinski definition) is 2. The predicted molar refractivity (Wildman–Crippen MR) is 161 cm³/mol. The number of morpholine rings is 1. The van der Waals surface area contributed by atoms with Crippen molar-refractivity contribution in [3.63, 3.8) is 0 Å². The molecule has 2 fully saturated rings. The van der Waals surface area contributed by atoms with Gasteiger partial charge in [0, 0.05) is 36.5 Å². The normalized spacial score (nSPS) is 17.7. The lowest BCUT2D eigenvalue weighted by Gasteiger charge is -2.56. The molecule has 0 atom stereocenters. The Balaban J connectivity index is 1.16. The average molecular weight is 587 g/mol. The second-order valence-corrected chi connectivity index (χ2v) is 13.9. The first-order valence-corrected chi connectivity index (χ1v) is 15.8. The highest BCUT2D eigenvalue weighted by molar-refractivity contribution is 7.90. The predicted octanol–water partition coefficient (Wildman–Crippen LogP) is 3.29. The third kappa shape index (κ3) is 5.72. The molecular formula is C31H34N6O4S. The van der Waals surface area contributed by atoms with E-state index in [9.17, 15) is 13.2 Å². The molecule has 0 bridgehead atoms. The van der Waals surface area contributed by atoms with E-state index in [1.807, 2.05) is 36.4 Å². The van der Waals surface area contributed by atoms with Crippen LogP contribution in [-0.2, 0) is 21.1 Å². The van der Waals surface area contributed by atoms with Gasteiger partial charge in [0.1, 0.15) is 11.4 Å².